The topological polar surface area (TPSA) is 33.6 Å². The van der Waals surface area contributed by atoms with Gasteiger partial charge in [-0.25, -0.2) is 0 Å². The zero-order chi connectivity index (χ0) is 42.0. The van der Waals surface area contributed by atoms with E-state index in [1.165, 1.54) is 87.4 Å². The minimum Gasteiger partial charge on any atom is -0.309 e. The number of nitrogens with zero attached hydrogens (tertiary/aromatic N) is 3. The second-order valence-corrected chi connectivity index (χ2v) is 17.6. The molecular weight excluding hydrogens is 763 g/mol. The molecule has 1 aliphatic carbocycles. The maximum atomic E-state index is 9.82. The van der Waals surface area contributed by atoms with Gasteiger partial charge in [0.15, 0.2) is 0 Å². The predicted octanol–water partition coefficient (Wildman–Crippen LogP) is 15.7. The molecule has 0 fully saturated rings. The lowest BCUT2D eigenvalue weighted by Crippen LogP contribution is -2.15. The molecule has 0 spiro atoms. The van der Waals surface area contributed by atoms with Crippen LogP contribution in [0.2, 0.25) is 0 Å². The molecule has 63 heavy (non-hydrogen) atoms. The Kier molecular flexibility index (Phi) is 7.42. The normalized spacial score (nSPS) is 13.0. The van der Waals surface area contributed by atoms with Crippen LogP contribution in [0, 0.1) is 11.3 Å². The van der Waals surface area contributed by atoms with Gasteiger partial charge in [0.25, 0.3) is 0 Å². The van der Waals surface area contributed by atoms with Crippen molar-refractivity contribution in [2.45, 2.75) is 19.3 Å². The summed E-state index contributed by atoms with van der Waals surface area (Å²) in [6.07, 6.45) is 0. The van der Waals surface area contributed by atoms with Gasteiger partial charge in [-0.1, -0.05) is 147 Å². The molecular formula is C60H39N3. The molecule has 0 saturated heterocycles. The highest BCUT2D eigenvalue weighted by atomic mass is 15.0. The minimum atomic E-state index is -0.264. The van der Waals surface area contributed by atoms with Crippen molar-refractivity contribution in [3.63, 3.8) is 0 Å². The summed E-state index contributed by atoms with van der Waals surface area (Å²) in [6.45, 7) is 4.58. The van der Waals surface area contributed by atoms with E-state index in [0.717, 1.165) is 33.6 Å². The van der Waals surface area contributed by atoms with Crippen LogP contribution in [-0.4, -0.2) is 9.13 Å². The van der Waals surface area contributed by atoms with Crippen molar-refractivity contribution in [2.75, 3.05) is 0 Å². The zero-order valence-electron chi connectivity index (χ0n) is 34.9. The van der Waals surface area contributed by atoms with Crippen molar-refractivity contribution >= 4 is 65.2 Å². The van der Waals surface area contributed by atoms with E-state index in [2.05, 4.69) is 223 Å². The summed E-state index contributed by atoms with van der Waals surface area (Å²) in [5, 5.41) is 19.8. The summed E-state index contributed by atoms with van der Waals surface area (Å²) in [7, 11) is 0. The molecule has 0 atom stereocenters. The van der Waals surface area contributed by atoms with Gasteiger partial charge >= 0.3 is 0 Å². The van der Waals surface area contributed by atoms with E-state index < -0.39 is 0 Å². The van der Waals surface area contributed by atoms with Crippen molar-refractivity contribution in [2.24, 2.45) is 0 Å². The van der Waals surface area contributed by atoms with Crippen LogP contribution < -0.4 is 0 Å². The number of benzene rings is 10. The lowest BCUT2D eigenvalue weighted by atomic mass is 9.81. The molecule has 2 heterocycles. The van der Waals surface area contributed by atoms with Crippen molar-refractivity contribution < 1.29 is 0 Å². The number of hydrogen-bond donors (Lipinski definition) is 0. The Bertz CT molecular complexity index is 3950. The Morgan fingerprint density at radius 2 is 1.02 bits per heavy atom. The fraction of sp³-hybridized carbons (Fsp3) is 0.0500. The summed E-state index contributed by atoms with van der Waals surface area (Å²) in [5.41, 5.74) is 17.0. The van der Waals surface area contributed by atoms with Crippen LogP contribution in [-0.2, 0) is 5.41 Å². The fourth-order valence-electron chi connectivity index (χ4n) is 10.9. The molecule has 294 valence electrons. The Labute approximate surface area is 364 Å². The quantitative estimate of drug-likeness (QED) is 0.174. The van der Waals surface area contributed by atoms with Gasteiger partial charge in [-0.15, -0.1) is 0 Å². The van der Waals surface area contributed by atoms with Crippen molar-refractivity contribution in [1.29, 1.82) is 5.26 Å². The lowest BCUT2D eigenvalue weighted by molar-refractivity contribution is 0.660. The number of hydrogen-bond acceptors (Lipinski definition) is 1. The molecule has 0 unspecified atom stereocenters. The van der Waals surface area contributed by atoms with E-state index >= 15 is 0 Å². The van der Waals surface area contributed by atoms with Gasteiger partial charge in [-0.3, -0.25) is 0 Å². The van der Waals surface area contributed by atoms with Gasteiger partial charge in [-0.2, -0.15) is 5.26 Å². The summed E-state index contributed by atoms with van der Waals surface area (Å²) < 4.78 is 4.92. The van der Waals surface area contributed by atoms with Crippen LogP contribution in [0.15, 0.2) is 200 Å². The molecule has 0 amide bonds. The van der Waals surface area contributed by atoms with Crippen LogP contribution in [0.1, 0.15) is 30.5 Å². The minimum absolute atomic E-state index is 0.264. The number of fused-ring (bicyclic) bond motifs is 13. The van der Waals surface area contributed by atoms with Gasteiger partial charge < -0.3 is 9.13 Å². The third-order valence-electron chi connectivity index (χ3n) is 13.9. The second kappa shape index (κ2) is 13.2. The molecule has 0 radical (unpaired) electrons. The molecule has 3 heteroatoms. The number of aromatic nitrogens is 2. The molecule has 2 aromatic heterocycles. The highest BCUT2D eigenvalue weighted by Gasteiger charge is 2.36. The highest BCUT2D eigenvalue weighted by molar-refractivity contribution is 6.22. The number of para-hydroxylation sites is 2. The first-order valence-corrected chi connectivity index (χ1v) is 21.7. The first-order valence-electron chi connectivity index (χ1n) is 21.7. The molecule has 10 aromatic carbocycles. The van der Waals surface area contributed by atoms with E-state index in [1.54, 1.807) is 0 Å². The van der Waals surface area contributed by atoms with Crippen LogP contribution in [0.5, 0.6) is 0 Å². The van der Waals surface area contributed by atoms with E-state index in [9.17, 15) is 5.26 Å². The third kappa shape index (κ3) is 5.13. The summed E-state index contributed by atoms with van der Waals surface area (Å²) in [5.74, 6) is 0. The van der Waals surface area contributed by atoms with Gasteiger partial charge in [0.05, 0.1) is 33.7 Å². The van der Waals surface area contributed by atoms with Gasteiger partial charge in [0.2, 0.25) is 0 Å². The van der Waals surface area contributed by atoms with Gasteiger partial charge in [0, 0.05) is 43.7 Å². The van der Waals surface area contributed by atoms with Crippen molar-refractivity contribution in [3.8, 4) is 50.8 Å². The summed E-state index contributed by atoms with van der Waals surface area (Å²) >= 11 is 0. The first-order chi connectivity index (χ1) is 30.9. The third-order valence-corrected chi connectivity index (χ3v) is 13.9. The largest absolute Gasteiger partial charge is 0.309 e. The second-order valence-electron chi connectivity index (χ2n) is 17.6. The average Bonchev–Trinajstić information content (AvgIpc) is 3.94. The van der Waals surface area contributed by atoms with Crippen LogP contribution >= 0.6 is 0 Å². The Balaban J connectivity index is 1.10. The number of nitriles is 1. The molecule has 0 N–H and O–H groups in total. The van der Waals surface area contributed by atoms with E-state index in [-0.39, 0.29) is 5.41 Å². The van der Waals surface area contributed by atoms with E-state index in [4.69, 9.17) is 0 Å². The molecule has 0 aliphatic heterocycles. The van der Waals surface area contributed by atoms with E-state index in [0.29, 0.717) is 5.56 Å². The van der Waals surface area contributed by atoms with Crippen molar-refractivity contribution in [3.05, 3.63) is 217 Å². The lowest BCUT2D eigenvalue weighted by Gasteiger charge is -2.22. The Morgan fingerprint density at radius 1 is 0.397 bits per heavy atom. The molecule has 1 aliphatic rings. The SMILES string of the molecule is CC1(C)c2cc(C#N)ccc2-c2ccc(-c3cc(-c4ccc5c6c7ccccc7ccc6n(-c6ccccc6)c5c4)cc(-n4c5ccccc5c5ccc6ccccc6c54)c3)cc21. The highest BCUT2D eigenvalue weighted by Crippen LogP contribution is 2.50. The number of rotatable bonds is 4. The predicted molar refractivity (Wildman–Crippen MR) is 263 cm³/mol. The van der Waals surface area contributed by atoms with Gasteiger partial charge in [-0.05, 0) is 127 Å². The molecule has 0 saturated carbocycles. The molecule has 13 rings (SSSR count). The summed E-state index contributed by atoms with van der Waals surface area (Å²) in [4.78, 5) is 0. The standard InChI is InChI=1S/C60H39N3/c1-60(2)53-30-37(36-61)20-25-48(53)49-26-22-40(34-54(49)60)42-31-43(33-45(32-42)63-55-19-11-10-18-50(55)51-27-21-39-13-7-9-17-47(39)59(51)63)41-23-28-52-57(35-41)62(44-14-4-3-5-15-44)56-29-24-38-12-6-8-16-46(38)58(52)56/h3-35H,1-2H3. The van der Waals surface area contributed by atoms with Gasteiger partial charge in [0.1, 0.15) is 0 Å². The molecule has 12 aromatic rings. The van der Waals surface area contributed by atoms with Crippen LogP contribution in [0.4, 0.5) is 0 Å². The Morgan fingerprint density at radius 3 is 1.81 bits per heavy atom. The maximum Gasteiger partial charge on any atom is 0.0991 e. The maximum absolute atomic E-state index is 9.82. The smallest absolute Gasteiger partial charge is 0.0991 e. The average molecular weight is 802 g/mol. The van der Waals surface area contributed by atoms with Crippen molar-refractivity contribution in [1.82, 2.24) is 9.13 Å². The summed E-state index contributed by atoms with van der Waals surface area (Å²) in [6, 6.07) is 75.8. The van der Waals surface area contributed by atoms with E-state index in [1.807, 2.05) is 6.07 Å². The van der Waals surface area contributed by atoms with Crippen LogP contribution in [0.3, 0.4) is 0 Å². The zero-order valence-corrected chi connectivity index (χ0v) is 34.9. The fourth-order valence-corrected chi connectivity index (χ4v) is 10.9. The molecule has 3 nitrogen and oxygen atoms in total. The van der Waals surface area contributed by atoms with Crippen LogP contribution in [0.25, 0.3) is 110 Å². The molecule has 0 bridgehead atoms. The monoisotopic (exact) mass is 801 g/mol. The Hall–Kier alpha value is -8.19. The first kappa shape index (κ1) is 35.6.